The predicted molar refractivity (Wildman–Crippen MR) is 82.2 cm³/mol. The van der Waals surface area contributed by atoms with E-state index in [1.54, 1.807) is 4.68 Å². The highest BCUT2D eigenvalue weighted by Gasteiger charge is 2.06. The molecule has 2 rings (SSSR count). The third-order valence-corrected chi connectivity index (χ3v) is 3.32. The highest BCUT2D eigenvalue weighted by Crippen LogP contribution is 2.18. The van der Waals surface area contributed by atoms with Crippen molar-refractivity contribution in [2.75, 3.05) is 13.2 Å². The van der Waals surface area contributed by atoms with Crippen LogP contribution in [0.15, 0.2) is 36.7 Å². The molecule has 0 radical (unpaired) electrons. The summed E-state index contributed by atoms with van der Waals surface area (Å²) in [4.78, 5) is 0. The molecule has 21 heavy (non-hydrogen) atoms. The molecule has 1 atom stereocenters. The van der Waals surface area contributed by atoms with E-state index in [4.69, 9.17) is 9.84 Å². The summed E-state index contributed by atoms with van der Waals surface area (Å²) in [5.74, 6) is 0.902. The van der Waals surface area contributed by atoms with Crippen LogP contribution in [-0.2, 0) is 13.1 Å². The van der Waals surface area contributed by atoms with Crippen molar-refractivity contribution in [1.82, 2.24) is 15.1 Å². The lowest BCUT2D eigenvalue weighted by Crippen LogP contribution is -2.17. The number of ether oxygens (including phenoxy) is 1. The summed E-state index contributed by atoms with van der Waals surface area (Å²) in [7, 11) is 0. The van der Waals surface area contributed by atoms with E-state index in [2.05, 4.69) is 29.5 Å². The Morgan fingerprint density at radius 3 is 2.76 bits per heavy atom. The largest absolute Gasteiger partial charge is 0.494 e. The van der Waals surface area contributed by atoms with Crippen molar-refractivity contribution >= 4 is 0 Å². The van der Waals surface area contributed by atoms with Crippen LogP contribution in [-0.4, -0.2) is 28.1 Å². The third kappa shape index (κ3) is 4.58. The molecule has 5 nitrogen and oxygen atoms in total. The quantitative estimate of drug-likeness (QED) is 0.781. The molecule has 1 heterocycles. The Hall–Kier alpha value is -1.85. The smallest absolute Gasteiger partial charge is 0.119 e. The monoisotopic (exact) mass is 289 g/mol. The van der Waals surface area contributed by atoms with Gasteiger partial charge in [0.1, 0.15) is 5.75 Å². The van der Waals surface area contributed by atoms with Crippen molar-refractivity contribution in [3.05, 3.63) is 47.8 Å². The van der Waals surface area contributed by atoms with Gasteiger partial charge in [-0.05, 0) is 31.5 Å². The van der Waals surface area contributed by atoms with Gasteiger partial charge in [-0.3, -0.25) is 4.68 Å². The Morgan fingerprint density at radius 1 is 1.33 bits per heavy atom. The molecular weight excluding hydrogens is 266 g/mol. The van der Waals surface area contributed by atoms with Crippen LogP contribution in [0.1, 0.15) is 31.0 Å². The SMILES string of the molecule is CCOc1ccc(C(C)NCc2cnn(CCO)c2)cc1. The average molecular weight is 289 g/mol. The number of benzene rings is 1. The minimum absolute atomic E-state index is 0.108. The molecule has 0 fully saturated rings. The lowest BCUT2D eigenvalue weighted by molar-refractivity contribution is 0.269. The lowest BCUT2D eigenvalue weighted by Gasteiger charge is -2.14. The number of nitrogens with one attached hydrogen (secondary N) is 1. The van der Waals surface area contributed by atoms with E-state index in [1.807, 2.05) is 31.5 Å². The summed E-state index contributed by atoms with van der Waals surface area (Å²) in [5, 5.41) is 16.5. The molecule has 0 spiro atoms. The molecular formula is C16H23N3O2. The number of aliphatic hydroxyl groups is 1. The van der Waals surface area contributed by atoms with Crippen molar-refractivity contribution in [3.8, 4) is 5.75 Å². The predicted octanol–water partition coefficient (Wildman–Crippen LogP) is 2.12. The first-order chi connectivity index (χ1) is 10.2. The molecule has 1 aromatic carbocycles. The van der Waals surface area contributed by atoms with Gasteiger partial charge >= 0.3 is 0 Å². The summed E-state index contributed by atoms with van der Waals surface area (Å²) >= 11 is 0. The first-order valence-corrected chi connectivity index (χ1v) is 7.31. The van der Waals surface area contributed by atoms with Crippen LogP contribution in [0.5, 0.6) is 5.75 Å². The summed E-state index contributed by atoms with van der Waals surface area (Å²) in [6.45, 7) is 6.19. The molecule has 5 heteroatoms. The second-order valence-corrected chi connectivity index (χ2v) is 4.94. The van der Waals surface area contributed by atoms with Gasteiger partial charge in [0.15, 0.2) is 0 Å². The van der Waals surface area contributed by atoms with Crippen LogP contribution in [0.4, 0.5) is 0 Å². The van der Waals surface area contributed by atoms with Crippen LogP contribution in [0, 0.1) is 0 Å². The maximum Gasteiger partial charge on any atom is 0.119 e. The van der Waals surface area contributed by atoms with E-state index in [0.717, 1.165) is 17.9 Å². The minimum atomic E-state index is 0.108. The Bertz CT molecular complexity index is 537. The Labute approximate surface area is 125 Å². The van der Waals surface area contributed by atoms with Gasteiger partial charge in [0.05, 0.1) is 26.0 Å². The van der Waals surface area contributed by atoms with Crippen LogP contribution >= 0.6 is 0 Å². The number of aliphatic hydroxyl groups excluding tert-OH is 1. The van der Waals surface area contributed by atoms with Crippen LogP contribution < -0.4 is 10.1 Å². The topological polar surface area (TPSA) is 59.3 Å². The third-order valence-electron chi connectivity index (χ3n) is 3.32. The van der Waals surface area contributed by atoms with E-state index < -0.39 is 0 Å². The second-order valence-electron chi connectivity index (χ2n) is 4.94. The fourth-order valence-corrected chi connectivity index (χ4v) is 2.13. The van der Waals surface area contributed by atoms with Gasteiger partial charge in [0, 0.05) is 24.3 Å². The van der Waals surface area contributed by atoms with Gasteiger partial charge in [-0.2, -0.15) is 5.10 Å². The zero-order valence-corrected chi connectivity index (χ0v) is 12.6. The van der Waals surface area contributed by atoms with Crippen LogP contribution in [0.2, 0.25) is 0 Å². The molecule has 0 saturated carbocycles. The molecule has 1 aromatic heterocycles. The van der Waals surface area contributed by atoms with E-state index in [1.165, 1.54) is 5.56 Å². The van der Waals surface area contributed by atoms with Gasteiger partial charge in [-0.25, -0.2) is 0 Å². The van der Waals surface area contributed by atoms with Crippen molar-refractivity contribution in [2.45, 2.75) is 33.0 Å². The molecule has 114 valence electrons. The summed E-state index contributed by atoms with van der Waals surface area (Å²) in [6, 6.07) is 8.41. The van der Waals surface area contributed by atoms with Crippen LogP contribution in [0.25, 0.3) is 0 Å². The van der Waals surface area contributed by atoms with E-state index in [9.17, 15) is 0 Å². The second kappa shape index (κ2) is 7.81. The van der Waals surface area contributed by atoms with Crippen molar-refractivity contribution in [3.63, 3.8) is 0 Å². The zero-order chi connectivity index (χ0) is 15.1. The number of nitrogens with zero attached hydrogens (tertiary/aromatic N) is 2. The van der Waals surface area contributed by atoms with Gasteiger partial charge < -0.3 is 15.2 Å². The first kappa shape index (κ1) is 15.5. The van der Waals surface area contributed by atoms with Crippen LogP contribution in [0.3, 0.4) is 0 Å². The summed E-state index contributed by atoms with van der Waals surface area (Å²) in [5.41, 5.74) is 2.34. The van der Waals surface area contributed by atoms with E-state index in [0.29, 0.717) is 13.2 Å². The van der Waals surface area contributed by atoms with Gasteiger partial charge in [0.2, 0.25) is 0 Å². The number of hydrogen-bond donors (Lipinski definition) is 2. The van der Waals surface area contributed by atoms with Crippen molar-refractivity contribution < 1.29 is 9.84 Å². The Morgan fingerprint density at radius 2 is 2.10 bits per heavy atom. The minimum Gasteiger partial charge on any atom is -0.494 e. The number of aromatic nitrogens is 2. The van der Waals surface area contributed by atoms with Gasteiger partial charge in [0.25, 0.3) is 0 Å². The van der Waals surface area contributed by atoms with Gasteiger partial charge in [-0.1, -0.05) is 12.1 Å². The molecule has 0 aliphatic carbocycles. The zero-order valence-electron chi connectivity index (χ0n) is 12.6. The number of rotatable bonds is 8. The molecule has 0 saturated heterocycles. The highest BCUT2D eigenvalue weighted by atomic mass is 16.5. The molecule has 0 aliphatic heterocycles. The Kier molecular flexibility index (Phi) is 5.78. The molecule has 2 aromatic rings. The maximum atomic E-state index is 8.87. The lowest BCUT2D eigenvalue weighted by atomic mass is 10.1. The van der Waals surface area contributed by atoms with Crippen molar-refractivity contribution in [1.29, 1.82) is 0 Å². The maximum absolute atomic E-state index is 8.87. The average Bonchev–Trinajstić information content (AvgIpc) is 2.94. The molecule has 0 bridgehead atoms. The van der Waals surface area contributed by atoms with E-state index in [-0.39, 0.29) is 12.6 Å². The van der Waals surface area contributed by atoms with E-state index >= 15 is 0 Å². The summed E-state index contributed by atoms with van der Waals surface area (Å²) < 4.78 is 7.19. The molecule has 1 unspecified atom stereocenters. The molecule has 0 amide bonds. The normalized spacial score (nSPS) is 12.3. The Balaban J connectivity index is 1.86. The standard InChI is InChI=1S/C16H23N3O2/c1-3-21-16-6-4-15(5-7-16)13(2)17-10-14-11-18-19(12-14)8-9-20/h4-7,11-13,17,20H,3,8-10H2,1-2H3. The fourth-order valence-electron chi connectivity index (χ4n) is 2.13. The van der Waals surface area contributed by atoms with Crippen molar-refractivity contribution in [2.24, 2.45) is 0 Å². The molecule has 0 aliphatic rings. The first-order valence-electron chi connectivity index (χ1n) is 7.31. The fraction of sp³-hybridized carbons (Fsp3) is 0.438. The van der Waals surface area contributed by atoms with Gasteiger partial charge in [-0.15, -0.1) is 0 Å². The highest BCUT2D eigenvalue weighted by molar-refractivity contribution is 5.29. The molecule has 2 N–H and O–H groups in total. The summed E-state index contributed by atoms with van der Waals surface area (Å²) in [6.07, 6.45) is 3.78. The number of hydrogen-bond acceptors (Lipinski definition) is 4.